The summed E-state index contributed by atoms with van der Waals surface area (Å²) < 4.78 is 13.9. The summed E-state index contributed by atoms with van der Waals surface area (Å²) in [4.78, 5) is 0. The Morgan fingerprint density at radius 3 is 1.81 bits per heavy atom. The molecule has 4 aromatic heterocycles. The first-order valence-electron chi connectivity index (χ1n) is 16.0. The van der Waals surface area contributed by atoms with Gasteiger partial charge in [0.1, 0.15) is 0 Å². The van der Waals surface area contributed by atoms with Crippen molar-refractivity contribution in [3.8, 4) is 17.4 Å². The van der Waals surface area contributed by atoms with Crippen molar-refractivity contribution in [2.45, 2.75) is 0 Å². The van der Waals surface area contributed by atoms with E-state index in [2.05, 4.69) is 137 Å². The van der Waals surface area contributed by atoms with Crippen molar-refractivity contribution in [2.75, 3.05) is 0 Å². The van der Waals surface area contributed by atoms with E-state index in [-0.39, 0.29) is 14.5 Å². The van der Waals surface area contributed by atoms with Crippen molar-refractivity contribution >= 4 is 99.3 Å². The Balaban J connectivity index is 1.18. The van der Waals surface area contributed by atoms with Crippen LogP contribution in [0.3, 0.4) is 0 Å². The van der Waals surface area contributed by atoms with Gasteiger partial charge in [0.2, 0.25) is 0 Å². The Kier molecular flexibility index (Phi) is 5.16. The second-order valence-electron chi connectivity index (χ2n) is 12.4. The van der Waals surface area contributed by atoms with Gasteiger partial charge in [-0.25, -0.2) is 0 Å². The molecular formula is C43H23N3OSe. The number of para-hydroxylation sites is 3. The van der Waals surface area contributed by atoms with E-state index in [4.69, 9.17) is 4.42 Å². The zero-order chi connectivity index (χ0) is 31.5. The van der Waals surface area contributed by atoms with Gasteiger partial charge in [0.05, 0.1) is 0 Å². The van der Waals surface area contributed by atoms with Gasteiger partial charge in [0, 0.05) is 0 Å². The molecule has 0 unspecified atom stereocenters. The molecule has 4 heterocycles. The van der Waals surface area contributed by atoms with E-state index in [0.717, 1.165) is 49.7 Å². The number of rotatable bonds is 2. The SMILES string of the molecule is N#Cc1ccc2c(c1)c1ccccc1n2-c1ccc2[se]c3ccc(-n4c5ccccc5c5c6c(ccc54)oc4ccccc46)cc3c2c1. The maximum atomic E-state index is 9.62. The maximum absolute atomic E-state index is 9.62. The molecule has 0 radical (unpaired) electrons. The third-order valence-corrected chi connectivity index (χ3v) is 12.3. The fourth-order valence-corrected chi connectivity index (χ4v) is 10.1. The van der Waals surface area contributed by atoms with Gasteiger partial charge in [0.25, 0.3) is 0 Å². The molecule has 0 aliphatic rings. The molecule has 4 nitrogen and oxygen atoms in total. The Bertz CT molecular complexity index is 3200. The van der Waals surface area contributed by atoms with Gasteiger partial charge in [-0.3, -0.25) is 0 Å². The van der Waals surface area contributed by atoms with Crippen LogP contribution in [0, 0.1) is 11.3 Å². The monoisotopic (exact) mass is 677 g/mol. The molecule has 7 aromatic carbocycles. The fraction of sp³-hybridized carbons (Fsp3) is 0. The van der Waals surface area contributed by atoms with Crippen LogP contribution in [0.15, 0.2) is 144 Å². The van der Waals surface area contributed by atoms with E-state index in [9.17, 15) is 5.26 Å². The molecule has 0 spiro atoms. The summed E-state index contributed by atoms with van der Waals surface area (Å²) >= 11 is 0.229. The quantitative estimate of drug-likeness (QED) is 0.171. The number of fused-ring (bicyclic) bond motifs is 13. The van der Waals surface area contributed by atoms with Crippen LogP contribution in [0.2, 0.25) is 0 Å². The zero-order valence-corrected chi connectivity index (χ0v) is 27.2. The minimum absolute atomic E-state index is 0.229. The molecule has 0 fully saturated rings. The normalized spacial score (nSPS) is 12.1. The average Bonchev–Trinajstić information content (AvgIpc) is 3.88. The van der Waals surface area contributed by atoms with Gasteiger partial charge in [0.15, 0.2) is 0 Å². The van der Waals surface area contributed by atoms with Crippen LogP contribution in [0.25, 0.3) is 96.2 Å². The molecule has 0 aliphatic heterocycles. The summed E-state index contributed by atoms with van der Waals surface area (Å²) in [6.45, 7) is 0. The van der Waals surface area contributed by atoms with Crippen LogP contribution >= 0.6 is 0 Å². The summed E-state index contributed by atoms with van der Waals surface area (Å²) in [6, 6.07) is 52.2. The first-order valence-corrected chi connectivity index (χ1v) is 17.7. The predicted molar refractivity (Wildman–Crippen MR) is 199 cm³/mol. The summed E-state index contributed by atoms with van der Waals surface area (Å²) in [5.74, 6) is 0. The van der Waals surface area contributed by atoms with E-state index in [1.54, 1.807) is 0 Å². The number of benzene rings is 7. The van der Waals surface area contributed by atoms with E-state index in [0.29, 0.717) is 5.56 Å². The van der Waals surface area contributed by atoms with Crippen LogP contribution < -0.4 is 0 Å². The molecule has 0 saturated carbocycles. The Morgan fingerprint density at radius 1 is 0.458 bits per heavy atom. The number of hydrogen-bond donors (Lipinski definition) is 0. The van der Waals surface area contributed by atoms with E-state index in [1.807, 2.05) is 18.2 Å². The van der Waals surface area contributed by atoms with Gasteiger partial charge in [-0.05, 0) is 0 Å². The topological polar surface area (TPSA) is 46.8 Å². The molecule has 0 N–H and O–H groups in total. The van der Waals surface area contributed by atoms with Gasteiger partial charge in [-0.1, -0.05) is 0 Å². The third kappa shape index (κ3) is 3.43. The molecule has 11 rings (SSSR count). The number of nitrogens with zero attached hydrogens (tertiary/aromatic N) is 3. The van der Waals surface area contributed by atoms with Crippen LogP contribution in [0.4, 0.5) is 0 Å². The molecule has 0 aliphatic carbocycles. The minimum atomic E-state index is 0.229. The number of hydrogen-bond acceptors (Lipinski definition) is 2. The van der Waals surface area contributed by atoms with Crippen molar-refractivity contribution in [2.24, 2.45) is 0 Å². The van der Waals surface area contributed by atoms with Crippen LogP contribution in [0.1, 0.15) is 5.56 Å². The second kappa shape index (κ2) is 9.50. The Labute approximate surface area is 279 Å². The molecule has 0 atom stereocenters. The van der Waals surface area contributed by atoms with Gasteiger partial charge >= 0.3 is 281 Å². The van der Waals surface area contributed by atoms with Crippen molar-refractivity contribution in [3.63, 3.8) is 0 Å². The third-order valence-electron chi connectivity index (χ3n) is 9.93. The van der Waals surface area contributed by atoms with Crippen LogP contribution in [0.5, 0.6) is 0 Å². The Morgan fingerprint density at radius 2 is 1.06 bits per heavy atom. The van der Waals surface area contributed by atoms with E-state index < -0.39 is 0 Å². The predicted octanol–water partition coefficient (Wildman–Crippen LogP) is 11.0. The molecular weight excluding hydrogens is 653 g/mol. The van der Waals surface area contributed by atoms with Gasteiger partial charge in [-0.2, -0.15) is 0 Å². The van der Waals surface area contributed by atoms with Crippen molar-refractivity contribution in [3.05, 3.63) is 145 Å². The van der Waals surface area contributed by atoms with E-state index in [1.165, 1.54) is 46.5 Å². The van der Waals surface area contributed by atoms with Crippen LogP contribution in [-0.4, -0.2) is 23.6 Å². The van der Waals surface area contributed by atoms with Crippen molar-refractivity contribution in [1.29, 1.82) is 5.26 Å². The Hall–Kier alpha value is -6.05. The summed E-state index contributed by atoms with van der Waals surface area (Å²) in [7, 11) is 0. The molecule has 0 saturated heterocycles. The summed E-state index contributed by atoms with van der Waals surface area (Å²) in [5.41, 5.74) is 9.40. The fourth-order valence-electron chi connectivity index (χ4n) is 7.90. The molecule has 0 bridgehead atoms. The molecule has 222 valence electrons. The van der Waals surface area contributed by atoms with Crippen LogP contribution in [-0.2, 0) is 0 Å². The first-order chi connectivity index (χ1) is 23.7. The van der Waals surface area contributed by atoms with E-state index >= 15 is 0 Å². The standard InChI is InChI=1S/C43H23N3OSe/c44-24-25-13-16-36-31(21-25)28-7-1-4-10-34(28)45(36)26-14-19-40-32(22-26)33-23-27(15-20-41(33)48-40)46-35-11-5-2-8-29(35)42-37(46)17-18-39-43(42)30-9-3-6-12-38(30)47-39/h1-23H. The second-order valence-corrected chi connectivity index (χ2v) is 14.7. The van der Waals surface area contributed by atoms with Gasteiger partial charge < -0.3 is 0 Å². The summed E-state index contributed by atoms with van der Waals surface area (Å²) in [5, 5.41) is 19.2. The average molecular weight is 677 g/mol. The zero-order valence-electron chi connectivity index (χ0n) is 25.4. The van der Waals surface area contributed by atoms with Crippen molar-refractivity contribution in [1.82, 2.24) is 9.13 Å². The van der Waals surface area contributed by atoms with Gasteiger partial charge in [-0.15, -0.1) is 0 Å². The molecule has 48 heavy (non-hydrogen) atoms. The summed E-state index contributed by atoms with van der Waals surface area (Å²) in [6.07, 6.45) is 0. The molecule has 5 heteroatoms. The molecule has 11 aromatic rings. The number of nitriles is 1. The van der Waals surface area contributed by atoms with Crippen molar-refractivity contribution < 1.29 is 4.42 Å². The number of aromatic nitrogens is 2. The first kappa shape index (κ1) is 26.1. The number of furan rings is 1. The molecule has 0 amide bonds.